The van der Waals surface area contributed by atoms with Crippen LogP contribution in [0.15, 0.2) is 46.9 Å². The van der Waals surface area contributed by atoms with Crippen molar-refractivity contribution in [1.82, 2.24) is 14.5 Å². The summed E-state index contributed by atoms with van der Waals surface area (Å²) in [6.07, 6.45) is 6.25. The Morgan fingerprint density at radius 1 is 1.20 bits per heavy atom. The maximum Gasteiger partial charge on any atom is 0.371 e. The number of fused-ring (bicyclic) bond motifs is 1. The number of aromatic nitrogens is 3. The highest BCUT2D eigenvalue weighted by Gasteiger charge is 2.58. The lowest BCUT2D eigenvalue weighted by molar-refractivity contribution is -0.0594. The largest absolute Gasteiger partial charge is 0.475 e. The van der Waals surface area contributed by atoms with Crippen molar-refractivity contribution in [2.75, 3.05) is 6.61 Å². The number of halogens is 1. The molecule has 1 aliphatic heterocycles. The second kappa shape index (κ2) is 10.00. The second-order valence-electron chi connectivity index (χ2n) is 11.5. The van der Waals surface area contributed by atoms with Crippen LogP contribution in [0.25, 0.3) is 11.2 Å². The first-order valence-corrected chi connectivity index (χ1v) is 14.1. The fourth-order valence-electron chi connectivity index (χ4n) is 6.49. The van der Waals surface area contributed by atoms with E-state index in [1.165, 1.54) is 12.1 Å². The highest BCUT2D eigenvalue weighted by molar-refractivity contribution is 5.89. The van der Waals surface area contributed by atoms with Gasteiger partial charge in [-0.15, -0.1) is 0 Å². The third-order valence-electron chi connectivity index (χ3n) is 9.04. The molecule has 210 valence electrons. The lowest BCUT2D eigenvalue weighted by Crippen LogP contribution is -2.31. The molecule has 10 heteroatoms. The van der Waals surface area contributed by atoms with Crippen LogP contribution in [0.1, 0.15) is 83.6 Å². The van der Waals surface area contributed by atoms with Crippen molar-refractivity contribution in [1.29, 1.82) is 5.26 Å². The Labute approximate surface area is 235 Å². The molecule has 9 nitrogen and oxygen atoms in total. The molecule has 1 N–H and O–H groups in total. The third kappa shape index (κ3) is 4.74. The van der Waals surface area contributed by atoms with E-state index < -0.39 is 11.8 Å². The summed E-state index contributed by atoms with van der Waals surface area (Å²) in [6.45, 7) is 1.41. The van der Waals surface area contributed by atoms with Gasteiger partial charge in [0.15, 0.2) is 0 Å². The first kappa shape index (κ1) is 25.7. The SMILES string of the molecule is N#Cc1ccc(COc2cccc(C3CCC4(CC3)CC4c3nc4cc(C(=O)O)oc4n3CC3CCO3)n2)c(F)c1. The van der Waals surface area contributed by atoms with Crippen LogP contribution in [-0.2, 0) is 17.9 Å². The fraction of sp³-hybridized carbons (Fsp3) is 0.419. The molecule has 3 aromatic heterocycles. The number of carbonyl (C=O) groups is 1. The van der Waals surface area contributed by atoms with Crippen molar-refractivity contribution in [3.63, 3.8) is 0 Å². The fourth-order valence-corrected chi connectivity index (χ4v) is 6.49. The van der Waals surface area contributed by atoms with Crippen LogP contribution < -0.4 is 4.74 Å². The van der Waals surface area contributed by atoms with Gasteiger partial charge in [0.2, 0.25) is 17.4 Å². The van der Waals surface area contributed by atoms with Crippen LogP contribution in [0.2, 0.25) is 0 Å². The van der Waals surface area contributed by atoms with Crippen molar-refractivity contribution in [2.24, 2.45) is 5.41 Å². The molecule has 4 aromatic rings. The summed E-state index contributed by atoms with van der Waals surface area (Å²) in [5.41, 5.74) is 2.94. The maximum atomic E-state index is 14.3. The Morgan fingerprint density at radius 3 is 2.73 bits per heavy atom. The zero-order valence-corrected chi connectivity index (χ0v) is 22.4. The number of hydrogen-bond donors (Lipinski definition) is 1. The molecule has 7 rings (SSSR count). The van der Waals surface area contributed by atoms with Crippen molar-refractivity contribution in [3.05, 3.63) is 76.7 Å². The van der Waals surface area contributed by atoms with Crippen molar-refractivity contribution in [2.45, 2.75) is 69.6 Å². The summed E-state index contributed by atoms with van der Waals surface area (Å²) in [5, 5.41) is 18.3. The molecule has 1 aromatic carbocycles. The molecule has 3 aliphatic rings. The van der Waals surface area contributed by atoms with E-state index in [0.717, 1.165) is 56.7 Å². The Hall–Kier alpha value is -4.23. The van der Waals surface area contributed by atoms with Gasteiger partial charge in [-0.25, -0.2) is 19.2 Å². The minimum atomic E-state index is -1.10. The topological polar surface area (TPSA) is 123 Å². The van der Waals surface area contributed by atoms with Gasteiger partial charge in [-0.3, -0.25) is 4.57 Å². The lowest BCUT2D eigenvalue weighted by Gasteiger charge is -2.30. The molecular formula is C31H29FN4O5. The van der Waals surface area contributed by atoms with Crippen molar-refractivity contribution < 1.29 is 28.2 Å². The summed E-state index contributed by atoms with van der Waals surface area (Å²) >= 11 is 0. The molecule has 2 unspecified atom stereocenters. The number of furan rings is 1. The van der Waals surface area contributed by atoms with Crippen molar-refractivity contribution >= 4 is 17.2 Å². The molecule has 41 heavy (non-hydrogen) atoms. The summed E-state index contributed by atoms with van der Waals surface area (Å²) in [5.74, 6) is 0.407. The Kier molecular flexibility index (Phi) is 6.27. The van der Waals surface area contributed by atoms with Gasteiger partial charge >= 0.3 is 5.97 Å². The van der Waals surface area contributed by atoms with Crippen LogP contribution in [0.5, 0.6) is 5.88 Å². The number of hydrogen-bond acceptors (Lipinski definition) is 7. The lowest BCUT2D eigenvalue weighted by atomic mass is 9.77. The first-order chi connectivity index (χ1) is 19.9. The molecule has 3 fully saturated rings. The number of aromatic carboxylic acids is 1. The highest BCUT2D eigenvalue weighted by atomic mass is 19.1. The zero-order chi connectivity index (χ0) is 28.1. The number of pyridine rings is 1. The van der Waals surface area contributed by atoms with Crippen LogP contribution in [0, 0.1) is 22.6 Å². The number of carboxylic acid groups (broad SMARTS) is 1. The molecular weight excluding hydrogens is 527 g/mol. The third-order valence-corrected chi connectivity index (χ3v) is 9.04. The molecule has 0 bridgehead atoms. The average molecular weight is 557 g/mol. The van der Waals surface area contributed by atoms with E-state index in [9.17, 15) is 14.3 Å². The first-order valence-electron chi connectivity index (χ1n) is 14.1. The van der Waals surface area contributed by atoms with E-state index in [-0.39, 0.29) is 29.4 Å². The predicted octanol–water partition coefficient (Wildman–Crippen LogP) is 5.93. The molecule has 1 spiro atoms. The Morgan fingerprint density at radius 2 is 2.02 bits per heavy atom. The van der Waals surface area contributed by atoms with Crippen LogP contribution in [0.4, 0.5) is 4.39 Å². The molecule has 1 saturated heterocycles. The average Bonchev–Trinajstić information content (AvgIpc) is 3.30. The number of imidazole rings is 1. The molecule has 4 heterocycles. The van der Waals surface area contributed by atoms with Gasteiger partial charge in [0.25, 0.3) is 0 Å². The van der Waals surface area contributed by atoms with Gasteiger partial charge < -0.3 is 19.0 Å². The van der Waals surface area contributed by atoms with E-state index in [4.69, 9.17) is 29.1 Å². The monoisotopic (exact) mass is 556 g/mol. The number of rotatable bonds is 8. The molecule has 2 saturated carbocycles. The van der Waals surface area contributed by atoms with Crippen LogP contribution >= 0.6 is 0 Å². The van der Waals surface area contributed by atoms with E-state index in [2.05, 4.69) is 4.57 Å². The standard InChI is InChI=1S/C31H29FN4O5/c32-23-12-18(15-33)4-5-20(23)17-40-27-3-1-2-24(34-27)19-6-9-31(10-7-19)14-22(31)28-35-25-13-26(30(37)38)41-29(25)36(28)16-21-8-11-39-21/h1-5,12-13,19,21-22H,6-11,14,16-17H2,(H,37,38). The van der Waals surface area contributed by atoms with E-state index >= 15 is 0 Å². The van der Waals surface area contributed by atoms with E-state index in [0.29, 0.717) is 41.1 Å². The van der Waals surface area contributed by atoms with Crippen LogP contribution in [-0.4, -0.2) is 38.3 Å². The molecule has 0 amide bonds. The quantitative estimate of drug-likeness (QED) is 0.283. The van der Waals surface area contributed by atoms with Gasteiger partial charge in [0.1, 0.15) is 23.8 Å². The minimum absolute atomic E-state index is 0.0405. The highest BCUT2D eigenvalue weighted by Crippen LogP contribution is 2.67. The van der Waals surface area contributed by atoms with Crippen molar-refractivity contribution in [3.8, 4) is 11.9 Å². The predicted molar refractivity (Wildman–Crippen MR) is 144 cm³/mol. The van der Waals surface area contributed by atoms with E-state index in [1.54, 1.807) is 18.2 Å². The number of ether oxygens (including phenoxy) is 2. The Bertz CT molecular complexity index is 1680. The normalized spacial score (nSPS) is 25.1. The van der Waals surface area contributed by atoms with Gasteiger partial charge in [-0.2, -0.15) is 5.26 Å². The molecule has 2 atom stereocenters. The van der Waals surface area contributed by atoms with Crippen LogP contribution in [0.3, 0.4) is 0 Å². The maximum absolute atomic E-state index is 14.3. The zero-order valence-electron chi connectivity index (χ0n) is 22.4. The summed E-state index contributed by atoms with van der Waals surface area (Å²) < 4.78 is 33.5. The number of nitrogens with zero attached hydrogens (tertiary/aromatic N) is 4. The van der Waals surface area contributed by atoms with Gasteiger partial charge in [0.05, 0.1) is 24.3 Å². The van der Waals surface area contributed by atoms with E-state index in [1.807, 2.05) is 18.2 Å². The van der Waals surface area contributed by atoms with Gasteiger partial charge in [-0.1, -0.05) is 12.1 Å². The van der Waals surface area contributed by atoms with Gasteiger partial charge in [0, 0.05) is 41.8 Å². The summed E-state index contributed by atoms with van der Waals surface area (Å²) in [7, 11) is 0. The number of carboxylic acids is 1. The second-order valence-corrected chi connectivity index (χ2v) is 11.5. The number of benzene rings is 1. The van der Waals surface area contributed by atoms with Gasteiger partial charge in [-0.05, 0) is 62.1 Å². The molecule has 0 radical (unpaired) electrons. The summed E-state index contributed by atoms with van der Waals surface area (Å²) in [4.78, 5) is 21.1. The molecule has 2 aliphatic carbocycles. The Balaban J connectivity index is 1.02. The summed E-state index contributed by atoms with van der Waals surface area (Å²) in [6, 6.07) is 13.5. The minimum Gasteiger partial charge on any atom is -0.475 e. The smallest absolute Gasteiger partial charge is 0.371 e. The number of nitriles is 1.